The molecule has 2 aliphatic carbocycles. The van der Waals surface area contributed by atoms with Gasteiger partial charge in [0.1, 0.15) is 11.5 Å². The fourth-order valence-electron chi connectivity index (χ4n) is 5.62. The molecule has 0 spiro atoms. The number of benzene rings is 1. The van der Waals surface area contributed by atoms with Gasteiger partial charge in [0.2, 0.25) is 0 Å². The molecule has 0 aromatic heterocycles. The van der Waals surface area contributed by atoms with Gasteiger partial charge in [0, 0.05) is 0 Å². The van der Waals surface area contributed by atoms with Crippen LogP contribution in [0.15, 0.2) is 24.3 Å². The van der Waals surface area contributed by atoms with Gasteiger partial charge in [0.15, 0.2) is 0 Å². The molecule has 0 saturated heterocycles. The maximum atomic E-state index is 13.0. The molecule has 0 N–H and O–H groups in total. The first-order chi connectivity index (χ1) is 16.6. The van der Waals surface area contributed by atoms with Crippen molar-refractivity contribution in [3.05, 3.63) is 24.3 Å². The van der Waals surface area contributed by atoms with Gasteiger partial charge >= 0.3 is 18.3 Å². The Morgan fingerprint density at radius 2 is 1.34 bits per heavy atom. The SMILES string of the molecule is CCCCCC[C@H]1CC[C@H]([C@H]2CC[C@H](C(=O)Oc3ccc(OC(F)(F)C(F)(F)F)cc3)CC2)CC1. The van der Waals surface area contributed by atoms with E-state index in [-0.39, 0.29) is 17.6 Å². The molecule has 1 aromatic rings. The van der Waals surface area contributed by atoms with E-state index in [0.717, 1.165) is 61.8 Å². The summed E-state index contributed by atoms with van der Waals surface area (Å²) in [5.74, 6) is 1.12. The summed E-state index contributed by atoms with van der Waals surface area (Å²) in [5, 5.41) is 0. The lowest BCUT2D eigenvalue weighted by Crippen LogP contribution is -2.41. The first-order valence-corrected chi connectivity index (χ1v) is 13.0. The van der Waals surface area contributed by atoms with Crippen LogP contribution in [0.2, 0.25) is 0 Å². The Kier molecular flexibility index (Phi) is 9.82. The molecule has 1 aromatic carbocycles. The highest BCUT2D eigenvalue weighted by molar-refractivity contribution is 5.75. The fraction of sp³-hybridized carbons (Fsp3) is 0.741. The smallest absolute Gasteiger partial charge is 0.426 e. The maximum Gasteiger partial charge on any atom is 0.499 e. The molecule has 8 heteroatoms. The van der Waals surface area contributed by atoms with Crippen molar-refractivity contribution in [2.24, 2.45) is 23.7 Å². The third kappa shape index (κ3) is 8.07. The summed E-state index contributed by atoms with van der Waals surface area (Å²) in [4.78, 5) is 12.6. The number of rotatable bonds is 10. The summed E-state index contributed by atoms with van der Waals surface area (Å²) in [6.45, 7) is 2.24. The Labute approximate surface area is 204 Å². The molecule has 0 aliphatic heterocycles. The molecule has 0 unspecified atom stereocenters. The minimum absolute atomic E-state index is 0.0945. The standard InChI is InChI=1S/C27H37F5O3/c1-2-3-4-5-6-19-7-9-20(10-8-19)21-11-13-22(14-12-21)25(33)34-23-15-17-24(18-16-23)35-27(31,32)26(28,29)30/h15-22H,2-14H2,1H3/t19-,20-,21-,22-. The Balaban J connectivity index is 1.38. The zero-order valence-corrected chi connectivity index (χ0v) is 20.4. The van der Waals surface area contributed by atoms with Crippen molar-refractivity contribution in [1.29, 1.82) is 0 Å². The van der Waals surface area contributed by atoms with Crippen molar-refractivity contribution in [2.75, 3.05) is 0 Å². The van der Waals surface area contributed by atoms with Gasteiger partial charge in [0.25, 0.3) is 0 Å². The zero-order valence-electron chi connectivity index (χ0n) is 20.4. The van der Waals surface area contributed by atoms with Gasteiger partial charge in [-0.15, -0.1) is 0 Å². The molecule has 0 radical (unpaired) electrons. The van der Waals surface area contributed by atoms with Crippen LogP contribution >= 0.6 is 0 Å². The van der Waals surface area contributed by atoms with E-state index in [9.17, 15) is 26.7 Å². The van der Waals surface area contributed by atoms with Gasteiger partial charge in [-0.2, -0.15) is 22.0 Å². The normalized spacial score (nSPS) is 25.8. The summed E-state index contributed by atoms with van der Waals surface area (Å²) < 4.78 is 71.9. The zero-order chi connectivity index (χ0) is 25.5. The van der Waals surface area contributed by atoms with Crippen LogP contribution < -0.4 is 9.47 Å². The quantitative estimate of drug-likeness (QED) is 0.138. The maximum absolute atomic E-state index is 13.0. The molecule has 2 aliphatic rings. The van der Waals surface area contributed by atoms with E-state index in [1.165, 1.54) is 57.8 Å². The van der Waals surface area contributed by atoms with Gasteiger partial charge in [-0.25, -0.2) is 0 Å². The molecule has 198 valence electrons. The Bertz CT molecular complexity index is 777. The fourth-order valence-corrected chi connectivity index (χ4v) is 5.62. The van der Waals surface area contributed by atoms with E-state index in [1.54, 1.807) is 0 Å². The summed E-state index contributed by atoms with van der Waals surface area (Å²) in [5.41, 5.74) is 0. The van der Waals surface area contributed by atoms with Crippen molar-refractivity contribution >= 4 is 5.97 Å². The van der Waals surface area contributed by atoms with Gasteiger partial charge < -0.3 is 9.47 Å². The largest absolute Gasteiger partial charge is 0.499 e. The van der Waals surface area contributed by atoms with Gasteiger partial charge in [-0.3, -0.25) is 4.79 Å². The van der Waals surface area contributed by atoms with E-state index in [2.05, 4.69) is 11.7 Å². The highest BCUT2D eigenvalue weighted by Gasteiger charge is 2.61. The molecule has 2 fully saturated rings. The molecular formula is C27H37F5O3. The molecule has 35 heavy (non-hydrogen) atoms. The molecule has 0 amide bonds. The average Bonchev–Trinajstić information content (AvgIpc) is 2.83. The monoisotopic (exact) mass is 504 g/mol. The summed E-state index contributed by atoms with van der Waals surface area (Å²) >= 11 is 0. The number of unbranched alkanes of at least 4 members (excludes halogenated alkanes) is 3. The molecule has 3 rings (SSSR count). The average molecular weight is 505 g/mol. The highest BCUT2D eigenvalue weighted by Crippen LogP contribution is 2.43. The van der Waals surface area contributed by atoms with Crippen molar-refractivity contribution in [3.63, 3.8) is 0 Å². The van der Waals surface area contributed by atoms with Crippen LogP contribution in [0.25, 0.3) is 0 Å². The second kappa shape index (κ2) is 12.4. The number of esters is 1. The lowest BCUT2D eigenvalue weighted by atomic mass is 9.68. The molecule has 0 bridgehead atoms. The van der Waals surface area contributed by atoms with Crippen molar-refractivity contribution < 1.29 is 36.2 Å². The van der Waals surface area contributed by atoms with Crippen molar-refractivity contribution in [2.45, 2.75) is 103 Å². The van der Waals surface area contributed by atoms with E-state index >= 15 is 0 Å². The first-order valence-electron chi connectivity index (χ1n) is 13.0. The molecular weight excluding hydrogens is 467 g/mol. The number of hydrogen-bond acceptors (Lipinski definition) is 3. The van der Waals surface area contributed by atoms with Gasteiger partial charge in [-0.05, 0) is 80.5 Å². The third-order valence-electron chi connectivity index (χ3n) is 7.75. The van der Waals surface area contributed by atoms with E-state index < -0.39 is 18.0 Å². The van der Waals surface area contributed by atoms with Crippen LogP contribution in [0, 0.1) is 23.7 Å². The van der Waals surface area contributed by atoms with E-state index in [4.69, 9.17) is 4.74 Å². The van der Waals surface area contributed by atoms with Crippen molar-refractivity contribution in [3.8, 4) is 11.5 Å². The lowest BCUT2D eigenvalue weighted by molar-refractivity contribution is -0.360. The predicted molar refractivity (Wildman–Crippen MR) is 123 cm³/mol. The number of ether oxygens (including phenoxy) is 2. The van der Waals surface area contributed by atoms with Crippen LogP contribution in [-0.2, 0) is 4.79 Å². The topological polar surface area (TPSA) is 35.5 Å². The summed E-state index contributed by atoms with van der Waals surface area (Å²) in [6.07, 6.45) is 4.34. The molecule has 3 nitrogen and oxygen atoms in total. The number of halogens is 5. The molecule has 0 atom stereocenters. The number of alkyl halides is 5. The van der Waals surface area contributed by atoms with Crippen LogP contribution in [-0.4, -0.2) is 18.3 Å². The highest BCUT2D eigenvalue weighted by atomic mass is 19.4. The third-order valence-corrected chi connectivity index (χ3v) is 7.75. The lowest BCUT2D eigenvalue weighted by Gasteiger charge is -2.37. The minimum Gasteiger partial charge on any atom is -0.426 e. The summed E-state index contributed by atoms with van der Waals surface area (Å²) in [7, 11) is 0. The van der Waals surface area contributed by atoms with Gasteiger partial charge in [0.05, 0.1) is 5.92 Å². The Morgan fingerprint density at radius 3 is 1.89 bits per heavy atom. The number of hydrogen-bond donors (Lipinski definition) is 0. The van der Waals surface area contributed by atoms with Crippen LogP contribution in [0.4, 0.5) is 22.0 Å². The predicted octanol–water partition coefficient (Wildman–Crippen LogP) is 8.71. The first kappa shape index (κ1) is 27.7. The van der Waals surface area contributed by atoms with Gasteiger partial charge in [-0.1, -0.05) is 51.9 Å². The second-order valence-electron chi connectivity index (χ2n) is 10.3. The minimum atomic E-state index is -5.81. The van der Waals surface area contributed by atoms with Crippen LogP contribution in [0.5, 0.6) is 11.5 Å². The van der Waals surface area contributed by atoms with E-state index in [0.29, 0.717) is 5.92 Å². The number of carbonyl (C=O) groups is 1. The molecule has 0 heterocycles. The second-order valence-corrected chi connectivity index (χ2v) is 10.3. The number of carbonyl (C=O) groups excluding carboxylic acids is 1. The Morgan fingerprint density at radius 1 is 0.800 bits per heavy atom. The van der Waals surface area contributed by atoms with Crippen LogP contribution in [0.1, 0.15) is 90.4 Å². The van der Waals surface area contributed by atoms with Crippen molar-refractivity contribution in [1.82, 2.24) is 0 Å². The summed E-state index contributed by atoms with van der Waals surface area (Å²) in [6, 6.07) is 4.18. The van der Waals surface area contributed by atoms with Crippen LogP contribution in [0.3, 0.4) is 0 Å². The Hall–Kier alpha value is -1.86. The van der Waals surface area contributed by atoms with E-state index in [1.807, 2.05) is 0 Å². The molecule has 2 saturated carbocycles.